The zero-order valence-electron chi connectivity index (χ0n) is 13.0. The van der Waals surface area contributed by atoms with Crippen molar-refractivity contribution in [3.05, 3.63) is 36.0 Å². The Morgan fingerprint density at radius 1 is 1.38 bits per heavy atom. The number of benzene rings is 1. The van der Waals surface area contributed by atoms with E-state index < -0.39 is 0 Å². The summed E-state index contributed by atoms with van der Waals surface area (Å²) in [4.78, 5) is 7.12. The van der Waals surface area contributed by atoms with Crippen LogP contribution < -0.4 is 10.6 Å². The molecule has 0 bridgehead atoms. The van der Waals surface area contributed by atoms with Crippen molar-refractivity contribution in [3.8, 4) is 0 Å². The van der Waals surface area contributed by atoms with Crippen LogP contribution >= 0.6 is 0 Å². The van der Waals surface area contributed by atoms with Gasteiger partial charge in [0.25, 0.3) is 0 Å². The molecule has 1 aromatic carbocycles. The summed E-state index contributed by atoms with van der Waals surface area (Å²) in [6, 6.07) is 10.4. The highest BCUT2D eigenvalue weighted by Crippen LogP contribution is 2.30. The first-order chi connectivity index (χ1) is 9.98. The topological polar surface area (TPSA) is 51.4 Å². The average Bonchev–Trinajstić information content (AvgIpc) is 2.44. The van der Waals surface area contributed by atoms with Gasteiger partial charge in [-0.05, 0) is 32.2 Å². The molecule has 1 aliphatic rings. The molecular formula is C17H23N3O. The third-order valence-corrected chi connectivity index (χ3v) is 3.85. The molecule has 0 saturated carbocycles. The molecule has 112 valence electrons. The molecule has 0 amide bonds. The van der Waals surface area contributed by atoms with Gasteiger partial charge in [0.1, 0.15) is 5.82 Å². The van der Waals surface area contributed by atoms with Crippen molar-refractivity contribution in [2.24, 2.45) is 5.73 Å². The van der Waals surface area contributed by atoms with Crippen LogP contribution in [-0.2, 0) is 11.3 Å². The number of nitrogens with two attached hydrogens (primary N) is 1. The van der Waals surface area contributed by atoms with E-state index in [0.29, 0.717) is 6.54 Å². The highest BCUT2D eigenvalue weighted by Gasteiger charge is 2.32. The highest BCUT2D eigenvalue weighted by atomic mass is 16.5. The number of anilines is 1. The van der Waals surface area contributed by atoms with E-state index in [0.717, 1.165) is 24.6 Å². The van der Waals surface area contributed by atoms with Crippen molar-refractivity contribution >= 4 is 16.6 Å². The maximum absolute atomic E-state index is 6.00. The van der Waals surface area contributed by atoms with Crippen LogP contribution in [0.3, 0.4) is 0 Å². The summed E-state index contributed by atoms with van der Waals surface area (Å²) in [6.07, 6.45) is 0.191. The largest absolute Gasteiger partial charge is 0.369 e. The molecule has 1 unspecified atom stereocenters. The van der Waals surface area contributed by atoms with E-state index in [9.17, 15) is 0 Å². The lowest BCUT2D eigenvalue weighted by molar-refractivity contribution is -0.0751. The molecule has 1 saturated heterocycles. The van der Waals surface area contributed by atoms with Gasteiger partial charge in [0.2, 0.25) is 0 Å². The number of rotatable bonds is 2. The van der Waals surface area contributed by atoms with Gasteiger partial charge in [-0.1, -0.05) is 24.3 Å². The molecule has 3 rings (SSSR count). The van der Waals surface area contributed by atoms with Gasteiger partial charge in [-0.25, -0.2) is 4.98 Å². The monoisotopic (exact) mass is 285 g/mol. The Balaban J connectivity index is 2.10. The molecule has 2 heterocycles. The SMILES string of the molecule is CC1CN(c2nc(CN)cc3ccccc23)CC(C)(C)O1. The van der Waals surface area contributed by atoms with Crippen molar-refractivity contribution in [1.29, 1.82) is 0 Å². The van der Waals surface area contributed by atoms with Crippen LogP contribution in [0.5, 0.6) is 0 Å². The standard InChI is InChI=1S/C17H23N3O/c1-12-10-20(11-17(2,3)21-12)16-15-7-5-4-6-13(15)8-14(9-18)19-16/h4-8,12H,9-11,18H2,1-3H3. The Morgan fingerprint density at radius 3 is 2.86 bits per heavy atom. The Kier molecular flexibility index (Phi) is 3.59. The van der Waals surface area contributed by atoms with Gasteiger partial charge in [0.05, 0.1) is 17.4 Å². The summed E-state index contributed by atoms with van der Waals surface area (Å²) < 4.78 is 6.00. The third-order valence-electron chi connectivity index (χ3n) is 3.85. The van der Waals surface area contributed by atoms with Crippen LogP contribution in [0.25, 0.3) is 10.8 Å². The first-order valence-electron chi connectivity index (χ1n) is 7.50. The molecule has 0 aliphatic carbocycles. The fourth-order valence-corrected chi connectivity index (χ4v) is 3.20. The van der Waals surface area contributed by atoms with E-state index in [1.807, 2.05) is 0 Å². The summed E-state index contributed by atoms with van der Waals surface area (Å²) in [5, 5.41) is 2.37. The molecule has 2 aromatic rings. The first kappa shape index (κ1) is 14.3. The summed E-state index contributed by atoms with van der Waals surface area (Å²) in [5.74, 6) is 1.02. The molecule has 4 heteroatoms. The number of fused-ring (bicyclic) bond motifs is 1. The van der Waals surface area contributed by atoms with Crippen molar-refractivity contribution in [3.63, 3.8) is 0 Å². The summed E-state index contributed by atoms with van der Waals surface area (Å²) in [7, 11) is 0. The Morgan fingerprint density at radius 2 is 2.14 bits per heavy atom. The smallest absolute Gasteiger partial charge is 0.136 e. The third kappa shape index (κ3) is 2.87. The molecule has 1 aliphatic heterocycles. The number of ether oxygens (including phenoxy) is 1. The van der Waals surface area contributed by atoms with Gasteiger partial charge in [-0.3, -0.25) is 0 Å². The molecule has 4 nitrogen and oxygen atoms in total. The van der Waals surface area contributed by atoms with Gasteiger partial charge in [-0.2, -0.15) is 0 Å². The number of hydrogen-bond donors (Lipinski definition) is 1. The maximum Gasteiger partial charge on any atom is 0.136 e. The van der Waals surface area contributed by atoms with Crippen LogP contribution in [0.15, 0.2) is 30.3 Å². The minimum atomic E-state index is -0.167. The van der Waals surface area contributed by atoms with E-state index in [-0.39, 0.29) is 11.7 Å². The van der Waals surface area contributed by atoms with E-state index >= 15 is 0 Å². The normalized spacial score (nSPS) is 21.7. The van der Waals surface area contributed by atoms with E-state index in [4.69, 9.17) is 15.5 Å². The van der Waals surface area contributed by atoms with Gasteiger partial charge in [0.15, 0.2) is 0 Å². The van der Waals surface area contributed by atoms with Gasteiger partial charge < -0.3 is 15.4 Å². The number of hydrogen-bond acceptors (Lipinski definition) is 4. The number of nitrogens with zero attached hydrogens (tertiary/aromatic N) is 2. The van der Waals surface area contributed by atoms with E-state index in [1.54, 1.807) is 0 Å². The van der Waals surface area contributed by atoms with Crippen LogP contribution in [0.1, 0.15) is 26.5 Å². The molecule has 1 atom stereocenters. The van der Waals surface area contributed by atoms with Crippen molar-refractivity contribution in [2.75, 3.05) is 18.0 Å². The second kappa shape index (κ2) is 5.28. The number of pyridine rings is 1. The van der Waals surface area contributed by atoms with Crippen molar-refractivity contribution < 1.29 is 4.74 Å². The lowest BCUT2D eigenvalue weighted by Crippen LogP contribution is -2.52. The maximum atomic E-state index is 6.00. The minimum absolute atomic E-state index is 0.167. The lowest BCUT2D eigenvalue weighted by Gasteiger charge is -2.42. The number of morpholine rings is 1. The first-order valence-corrected chi connectivity index (χ1v) is 7.50. The second-order valence-electron chi connectivity index (χ2n) is 6.43. The quantitative estimate of drug-likeness (QED) is 0.921. The zero-order chi connectivity index (χ0) is 15.0. The molecular weight excluding hydrogens is 262 g/mol. The summed E-state index contributed by atoms with van der Waals surface area (Å²) >= 11 is 0. The summed E-state index contributed by atoms with van der Waals surface area (Å²) in [6.45, 7) is 8.52. The van der Waals surface area contributed by atoms with Crippen molar-refractivity contribution in [1.82, 2.24) is 4.98 Å². The zero-order valence-corrected chi connectivity index (χ0v) is 13.0. The molecule has 0 radical (unpaired) electrons. The van der Waals surface area contributed by atoms with Crippen LogP contribution in [0.4, 0.5) is 5.82 Å². The second-order valence-corrected chi connectivity index (χ2v) is 6.43. The van der Waals surface area contributed by atoms with E-state index in [2.05, 4.69) is 56.0 Å². The Bertz CT molecular complexity index is 654. The fraction of sp³-hybridized carbons (Fsp3) is 0.471. The molecule has 2 N–H and O–H groups in total. The Labute approximate surface area is 125 Å². The minimum Gasteiger partial charge on any atom is -0.369 e. The van der Waals surface area contributed by atoms with Crippen molar-refractivity contribution in [2.45, 2.75) is 39.0 Å². The predicted molar refractivity (Wildman–Crippen MR) is 86.5 cm³/mol. The molecule has 0 spiro atoms. The fourth-order valence-electron chi connectivity index (χ4n) is 3.20. The van der Waals surface area contributed by atoms with E-state index in [1.165, 1.54) is 10.8 Å². The van der Waals surface area contributed by atoms with Gasteiger partial charge >= 0.3 is 0 Å². The van der Waals surface area contributed by atoms with Gasteiger partial charge in [0, 0.05) is 25.0 Å². The predicted octanol–water partition coefficient (Wildman–Crippen LogP) is 2.70. The molecule has 1 aromatic heterocycles. The molecule has 21 heavy (non-hydrogen) atoms. The average molecular weight is 285 g/mol. The van der Waals surface area contributed by atoms with Crippen LogP contribution in [0, 0.1) is 0 Å². The van der Waals surface area contributed by atoms with Crippen LogP contribution in [-0.4, -0.2) is 29.8 Å². The summed E-state index contributed by atoms with van der Waals surface area (Å²) in [5.41, 5.74) is 6.58. The van der Waals surface area contributed by atoms with Gasteiger partial charge in [-0.15, -0.1) is 0 Å². The molecule has 1 fully saturated rings. The highest BCUT2D eigenvalue weighted by molar-refractivity contribution is 5.92. The Hall–Kier alpha value is -1.65. The lowest BCUT2D eigenvalue weighted by atomic mass is 10.0. The van der Waals surface area contributed by atoms with Crippen LogP contribution in [0.2, 0.25) is 0 Å². The number of aromatic nitrogens is 1.